The first-order valence-electron chi connectivity index (χ1n) is 10.1. The Labute approximate surface area is 183 Å². The topological polar surface area (TPSA) is 116 Å². The summed E-state index contributed by atoms with van der Waals surface area (Å²) in [7, 11) is 1.83. The molecule has 5 rings (SSSR count). The van der Waals surface area contributed by atoms with Gasteiger partial charge >= 0.3 is 0 Å². The molecule has 0 saturated carbocycles. The summed E-state index contributed by atoms with van der Waals surface area (Å²) >= 11 is 0. The van der Waals surface area contributed by atoms with E-state index in [0.717, 1.165) is 11.1 Å². The molecular formula is C22H21N7O3. The Morgan fingerprint density at radius 3 is 2.91 bits per heavy atom. The number of rotatable bonds is 5. The average Bonchev–Trinajstić information content (AvgIpc) is 3.19. The summed E-state index contributed by atoms with van der Waals surface area (Å²) in [5.74, 6) is 1.24. The largest absolute Gasteiger partial charge is 0.484 e. The van der Waals surface area contributed by atoms with Crippen LogP contribution < -0.4 is 20.1 Å². The number of aromatic nitrogens is 5. The molecule has 1 aliphatic heterocycles. The molecule has 3 aromatic heterocycles. The fourth-order valence-electron chi connectivity index (χ4n) is 3.44. The summed E-state index contributed by atoms with van der Waals surface area (Å²) in [6, 6.07) is 9.19. The molecule has 32 heavy (non-hydrogen) atoms. The molecule has 0 unspecified atom stereocenters. The maximum atomic E-state index is 12.7. The number of carbonyl (C=O) groups excluding carboxylic acids is 1. The molecule has 4 heterocycles. The van der Waals surface area contributed by atoms with Crippen molar-refractivity contribution in [3.05, 3.63) is 60.0 Å². The molecule has 1 aromatic carbocycles. The highest BCUT2D eigenvalue weighted by atomic mass is 16.6. The molecule has 10 nitrogen and oxygen atoms in total. The molecule has 0 bridgehead atoms. The summed E-state index contributed by atoms with van der Waals surface area (Å²) in [6.07, 6.45) is 4.84. The van der Waals surface area contributed by atoms with E-state index in [1.807, 2.05) is 38.2 Å². The van der Waals surface area contributed by atoms with E-state index in [2.05, 4.69) is 30.7 Å². The number of nitrogens with one attached hydrogen (secondary N) is 2. The molecule has 1 atom stereocenters. The van der Waals surface area contributed by atoms with E-state index in [1.54, 1.807) is 23.1 Å². The highest BCUT2D eigenvalue weighted by molar-refractivity contribution is 6.04. The van der Waals surface area contributed by atoms with Crippen molar-refractivity contribution >= 4 is 28.6 Å². The molecule has 0 radical (unpaired) electrons. The van der Waals surface area contributed by atoms with Crippen LogP contribution in [0.5, 0.6) is 11.6 Å². The minimum absolute atomic E-state index is 0.0669. The monoisotopic (exact) mass is 431 g/mol. The minimum atomic E-state index is -0.278. The van der Waals surface area contributed by atoms with E-state index in [4.69, 9.17) is 9.47 Å². The molecule has 0 spiro atoms. The second-order valence-corrected chi connectivity index (χ2v) is 7.40. The molecule has 1 aliphatic rings. The van der Waals surface area contributed by atoms with Gasteiger partial charge in [-0.25, -0.2) is 19.6 Å². The lowest BCUT2D eigenvalue weighted by atomic mass is 10.1. The van der Waals surface area contributed by atoms with Crippen molar-refractivity contribution in [3.8, 4) is 11.6 Å². The van der Waals surface area contributed by atoms with Crippen LogP contribution in [0.15, 0.2) is 48.9 Å². The second-order valence-electron chi connectivity index (χ2n) is 7.40. The molecule has 2 N–H and O–H groups in total. The van der Waals surface area contributed by atoms with Crippen LogP contribution in [-0.4, -0.2) is 43.9 Å². The number of fused-ring (bicyclic) bond motifs is 2. The number of hydrogen-bond acceptors (Lipinski definition) is 8. The lowest BCUT2D eigenvalue weighted by Gasteiger charge is -2.18. The van der Waals surface area contributed by atoms with Gasteiger partial charge in [0.2, 0.25) is 0 Å². The molecule has 4 aromatic rings. The highest BCUT2D eigenvalue weighted by Crippen LogP contribution is 2.28. The van der Waals surface area contributed by atoms with Crippen molar-refractivity contribution in [2.45, 2.75) is 13.0 Å². The van der Waals surface area contributed by atoms with Crippen molar-refractivity contribution in [1.29, 1.82) is 0 Å². The predicted molar refractivity (Wildman–Crippen MR) is 118 cm³/mol. The Morgan fingerprint density at radius 1 is 1.12 bits per heavy atom. The van der Waals surface area contributed by atoms with Crippen LogP contribution in [0.4, 0.5) is 11.5 Å². The predicted octanol–water partition coefficient (Wildman–Crippen LogP) is 2.95. The normalized spacial score (nSPS) is 13.6. The fourth-order valence-corrected chi connectivity index (χ4v) is 3.44. The van der Waals surface area contributed by atoms with Crippen molar-refractivity contribution in [1.82, 2.24) is 24.7 Å². The van der Waals surface area contributed by atoms with Gasteiger partial charge in [0, 0.05) is 25.0 Å². The van der Waals surface area contributed by atoms with E-state index in [0.29, 0.717) is 47.6 Å². The van der Waals surface area contributed by atoms with Gasteiger partial charge in [-0.2, -0.15) is 5.10 Å². The summed E-state index contributed by atoms with van der Waals surface area (Å²) < 4.78 is 12.6. The first-order chi connectivity index (χ1) is 15.6. The van der Waals surface area contributed by atoms with Crippen molar-refractivity contribution in [2.75, 3.05) is 23.8 Å². The zero-order chi connectivity index (χ0) is 22.1. The maximum Gasteiger partial charge on any atom is 0.257 e. The van der Waals surface area contributed by atoms with E-state index in [9.17, 15) is 4.79 Å². The third kappa shape index (κ3) is 3.89. The molecule has 0 saturated heterocycles. The minimum Gasteiger partial charge on any atom is -0.484 e. The van der Waals surface area contributed by atoms with Crippen molar-refractivity contribution in [3.63, 3.8) is 0 Å². The number of carbonyl (C=O) groups is 1. The van der Waals surface area contributed by atoms with Gasteiger partial charge < -0.3 is 20.1 Å². The summed E-state index contributed by atoms with van der Waals surface area (Å²) in [6.45, 7) is 2.90. The molecule has 0 fully saturated rings. The Bertz CT molecular complexity index is 1300. The third-order valence-corrected chi connectivity index (χ3v) is 5.11. The van der Waals surface area contributed by atoms with Crippen LogP contribution >= 0.6 is 0 Å². The zero-order valence-electron chi connectivity index (χ0n) is 17.6. The molecular weight excluding hydrogens is 410 g/mol. The standard InChI is InChI=1S/C22H21N7O3/c1-13(26-19-12-23-17-11-25-29(2)20(17)28-19)14-4-3-5-16(8-14)27-21(30)15-9-18-22(24-10-15)32-7-6-31-18/h3-5,8-13H,6-7H2,1-2H3,(H,26,28)(H,27,30)/t13-/m0/s1. The second kappa shape index (κ2) is 8.14. The van der Waals surface area contributed by atoms with Gasteiger partial charge in [0.25, 0.3) is 11.8 Å². The van der Waals surface area contributed by atoms with Crippen molar-refractivity contribution in [2.24, 2.45) is 7.05 Å². The van der Waals surface area contributed by atoms with Gasteiger partial charge in [-0.3, -0.25) is 4.79 Å². The summed E-state index contributed by atoms with van der Waals surface area (Å²) in [4.78, 5) is 25.8. The first kappa shape index (κ1) is 19.7. The summed E-state index contributed by atoms with van der Waals surface area (Å²) in [5.41, 5.74) is 3.49. The van der Waals surface area contributed by atoms with Gasteiger partial charge in [0.1, 0.15) is 24.5 Å². The Balaban J connectivity index is 1.30. The lowest BCUT2D eigenvalue weighted by Crippen LogP contribution is -2.18. The van der Waals surface area contributed by atoms with Gasteiger partial charge in [0.05, 0.1) is 24.0 Å². The molecule has 162 valence electrons. The van der Waals surface area contributed by atoms with Gasteiger partial charge in [-0.15, -0.1) is 0 Å². The molecule has 10 heteroatoms. The van der Waals surface area contributed by atoms with Crippen LogP contribution in [0.3, 0.4) is 0 Å². The third-order valence-electron chi connectivity index (χ3n) is 5.11. The fraction of sp³-hybridized carbons (Fsp3) is 0.227. The average molecular weight is 431 g/mol. The SMILES string of the molecule is C[C@H](Nc1cnc2cnn(C)c2n1)c1cccc(NC(=O)c2cnc3c(c2)OCCO3)c1. The van der Waals surface area contributed by atoms with Crippen molar-refractivity contribution < 1.29 is 14.3 Å². The number of benzene rings is 1. The number of amides is 1. The van der Waals surface area contributed by atoms with E-state index in [-0.39, 0.29) is 11.9 Å². The number of ether oxygens (including phenoxy) is 2. The molecule has 0 aliphatic carbocycles. The van der Waals surface area contributed by atoms with Crippen LogP contribution in [0.1, 0.15) is 28.9 Å². The van der Waals surface area contributed by atoms with Crippen LogP contribution in [0.2, 0.25) is 0 Å². The number of aryl methyl sites for hydroxylation is 1. The Kier molecular flexibility index (Phi) is 5.02. The van der Waals surface area contributed by atoms with Crippen LogP contribution in [0.25, 0.3) is 11.2 Å². The highest BCUT2D eigenvalue weighted by Gasteiger charge is 2.17. The lowest BCUT2D eigenvalue weighted by molar-refractivity contribution is 0.102. The number of pyridine rings is 1. The zero-order valence-corrected chi connectivity index (χ0v) is 17.6. The Morgan fingerprint density at radius 2 is 2.00 bits per heavy atom. The van der Waals surface area contributed by atoms with Gasteiger partial charge in [-0.1, -0.05) is 12.1 Å². The van der Waals surface area contributed by atoms with Gasteiger partial charge in [0.15, 0.2) is 11.4 Å². The summed E-state index contributed by atoms with van der Waals surface area (Å²) in [5, 5.41) is 10.4. The number of nitrogens with zero attached hydrogens (tertiary/aromatic N) is 5. The number of anilines is 2. The van der Waals surface area contributed by atoms with Crippen LogP contribution in [-0.2, 0) is 7.05 Å². The first-order valence-corrected chi connectivity index (χ1v) is 10.1. The Hall–Kier alpha value is -4.21. The van der Waals surface area contributed by atoms with E-state index < -0.39 is 0 Å². The van der Waals surface area contributed by atoms with Gasteiger partial charge in [-0.05, 0) is 24.6 Å². The van der Waals surface area contributed by atoms with E-state index >= 15 is 0 Å². The van der Waals surface area contributed by atoms with Crippen LogP contribution in [0, 0.1) is 0 Å². The maximum absolute atomic E-state index is 12.7. The smallest absolute Gasteiger partial charge is 0.257 e. The molecule has 1 amide bonds. The quantitative estimate of drug-likeness (QED) is 0.495. The van der Waals surface area contributed by atoms with E-state index in [1.165, 1.54) is 6.20 Å². The number of hydrogen-bond donors (Lipinski definition) is 2.